The Kier molecular flexibility index (Phi) is 15.7. The van der Waals surface area contributed by atoms with Crippen LogP contribution >= 0.6 is 0 Å². The van der Waals surface area contributed by atoms with Crippen molar-refractivity contribution in [1.29, 1.82) is 0 Å². The van der Waals surface area contributed by atoms with E-state index in [0.29, 0.717) is 77.4 Å². The molecule has 10 nitrogen and oxygen atoms in total. The van der Waals surface area contributed by atoms with E-state index in [1.54, 1.807) is 36.4 Å². The minimum atomic E-state index is -3.77. The fraction of sp³-hybridized carbons (Fsp3) is 0.500. The van der Waals surface area contributed by atoms with Gasteiger partial charge in [0.1, 0.15) is 18.6 Å². The molecule has 2 aromatic rings. The van der Waals surface area contributed by atoms with Gasteiger partial charge >= 0.3 is 0 Å². The number of hydrogen-bond acceptors (Lipinski definition) is 10. The molecule has 0 atom stereocenters. The molecule has 0 aliphatic rings. The lowest BCUT2D eigenvalue weighted by molar-refractivity contribution is -0.0140. The van der Waals surface area contributed by atoms with Crippen LogP contribution in [-0.4, -0.2) is 94.0 Å². The third-order valence-corrected chi connectivity index (χ3v) is 6.10. The van der Waals surface area contributed by atoms with E-state index in [-0.39, 0.29) is 18.1 Å². The summed E-state index contributed by atoms with van der Waals surface area (Å²) in [5, 5.41) is 0. The van der Waals surface area contributed by atoms with Crippen LogP contribution in [0.3, 0.4) is 0 Å². The quantitative estimate of drug-likeness (QED) is 0.125. The Morgan fingerprint density at radius 1 is 0.595 bits per heavy atom. The molecule has 0 aliphatic heterocycles. The van der Waals surface area contributed by atoms with Crippen LogP contribution in [0.2, 0.25) is 0 Å². The van der Waals surface area contributed by atoms with Crippen molar-refractivity contribution in [3.05, 3.63) is 59.7 Å². The zero-order chi connectivity index (χ0) is 26.6. The van der Waals surface area contributed by atoms with E-state index < -0.39 is 10.1 Å². The number of hydrogen-bond donors (Lipinski definition) is 0. The monoisotopic (exact) mass is 540 g/mol. The standard InChI is InChI=1S/C26H36O10S/c1-23-2-8-26(9-3-23)37(28,29)36-21-19-34-17-15-32-13-11-30-10-12-31-14-16-33-18-20-35-25-6-4-24(22-27)5-7-25/h2-9,22H,10-21H2,1H3. The van der Waals surface area contributed by atoms with Crippen molar-refractivity contribution < 1.29 is 45.8 Å². The van der Waals surface area contributed by atoms with E-state index in [4.69, 9.17) is 32.6 Å². The van der Waals surface area contributed by atoms with E-state index in [2.05, 4.69) is 0 Å². The van der Waals surface area contributed by atoms with E-state index in [9.17, 15) is 13.2 Å². The fourth-order valence-corrected chi connectivity index (χ4v) is 3.71. The second kappa shape index (κ2) is 18.8. The lowest BCUT2D eigenvalue weighted by atomic mass is 10.2. The molecule has 2 rings (SSSR count). The number of aldehydes is 1. The van der Waals surface area contributed by atoms with E-state index in [1.165, 1.54) is 12.1 Å². The van der Waals surface area contributed by atoms with Crippen molar-refractivity contribution in [1.82, 2.24) is 0 Å². The molecule has 11 heteroatoms. The van der Waals surface area contributed by atoms with Crippen molar-refractivity contribution in [2.75, 3.05) is 79.3 Å². The highest BCUT2D eigenvalue weighted by Crippen LogP contribution is 2.13. The Labute approximate surface area is 218 Å². The highest BCUT2D eigenvalue weighted by Gasteiger charge is 2.14. The first kappa shape index (κ1) is 30.8. The molecule has 0 radical (unpaired) electrons. The number of rotatable bonds is 22. The van der Waals surface area contributed by atoms with Gasteiger partial charge < -0.3 is 28.4 Å². The topological polar surface area (TPSA) is 116 Å². The second-order valence-corrected chi connectivity index (χ2v) is 9.30. The Morgan fingerprint density at radius 2 is 1.03 bits per heavy atom. The minimum Gasteiger partial charge on any atom is -0.491 e. The van der Waals surface area contributed by atoms with Gasteiger partial charge in [0.2, 0.25) is 0 Å². The van der Waals surface area contributed by atoms with Gasteiger partial charge in [0, 0.05) is 5.56 Å². The SMILES string of the molecule is Cc1ccc(S(=O)(=O)OCCOCCOCCOCCOCCOCCOc2ccc(C=O)cc2)cc1. The molecular weight excluding hydrogens is 504 g/mol. The molecule has 0 saturated carbocycles. The molecule has 0 bridgehead atoms. The van der Waals surface area contributed by atoms with Crippen molar-refractivity contribution in [3.8, 4) is 5.75 Å². The molecule has 2 aromatic carbocycles. The summed E-state index contributed by atoms with van der Waals surface area (Å²) in [5.74, 6) is 0.691. The van der Waals surface area contributed by atoms with Crippen LogP contribution in [0.5, 0.6) is 5.75 Å². The first-order valence-electron chi connectivity index (χ1n) is 12.0. The van der Waals surface area contributed by atoms with Crippen molar-refractivity contribution in [2.24, 2.45) is 0 Å². The maximum atomic E-state index is 12.0. The Balaban J connectivity index is 1.29. The molecule has 0 aromatic heterocycles. The zero-order valence-electron chi connectivity index (χ0n) is 21.2. The van der Waals surface area contributed by atoms with E-state index in [0.717, 1.165) is 11.8 Å². The van der Waals surface area contributed by atoms with Crippen molar-refractivity contribution in [2.45, 2.75) is 11.8 Å². The van der Waals surface area contributed by atoms with Gasteiger partial charge in [-0.15, -0.1) is 0 Å². The van der Waals surface area contributed by atoms with Crippen LogP contribution in [0.1, 0.15) is 15.9 Å². The summed E-state index contributed by atoms with van der Waals surface area (Å²) in [6, 6.07) is 13.4. The molecule has 0 fully saturated rings. The van der Waals surface area contributed by atoms with Gasteiger partial charge in [-0.25, -0.2) is 0 Å². The molecule has 0 aliphatic carbocycles. The molecule has 37 heavy (non-hydrogen) atoms. The van der Waals surface area contributed by atoms with Gasteiger partial charge in [0.15, 0.2) is 0 Å². The van der Waals surface area contributed by atoms with Crippen LogP contribution in [0.25, 0.3) is 0 Å². The second-order valence-electron chi connectivity index (χ2n) is 7.69. The van der Waals surface area contributed by atoms with Gasteiger partial charge in [-0.3, -0.25) is 8.98 Å². The number of ether oxygens (including phenoxy) is 6. The van der Waals surface area contributed by atoms with E-state index >= 15 is 0 Å². The number of carbonyl (C=O) groups excluding carboxylic acids is 1. The Morgan fingerprint density at radius 3 is 1.49 bits per heavy atom. The number of benzene rings is 2. The van der Waals surface area contributed by atoms with Gasteiger partial charge in [-0.1, -0.05) is 17.7 Å². The fourth-order valence-electron chi connectivity index (χ4n) is 2.82. The minimum absolute atomic E-state index is 0.0596. The summed E-state index contributed by atoms with van der Waals surface area (Å²) in [6.07, 6.45) is 0.788. The lowest BCUT2D eigenvalue weighted by Crippen LogP contribution is -2.15. The average Bonchev–Trinajstić information content (AvgIpc) is 2.90. The van der Waals surface area contributed by atoms with Crippen LogP contribution in [0.4, 0.5) is 0 Å². The first-order chi connectivity index (χ1) is 18.0. The van der Waals surface area contributed by atoms with Gasteiger partial charge in [0.25, 0.3) is 10.1 Å². The van der Waals surface area contributed by atoms with Crippen LogP contribution in [0, 0.1) is 6.92 Å². The maximum Gasteiger partial charge on any atom is 0.297 e. The van der Waals surface area contributed by atoms with Gasteiger partial charge in [0.05, 0.1) is 77.6 Å². The molecule has 206 valence electrons. The largest absolute Gasteiger partial charge is 0.491 e. The Hall–Kier alpha value is -2.38. The molecule has 0 heterocycles. The summed E-state index contributed by atoms with van der Waals surface area (Å²) >= 11 is 0. The third kappa shape index (κ3) is 14.2. The third-order valence-electron chi connectivity index (χ3n) is 4.78. The summed E-state index contributed by atoms with van der Waals surface area (Å²) < 4.78 is 61.5. The average molecular weight is 541 g/mol. The normalized spacial score (nSPS) is 11.5. The molecule has 0 spiro atoms. The maximum absolute atomic E-state index is 12.0. The van der Waals surface area contributed by atoms with Crippen LogP contribution < -0.4 is 4.74 Å². The Bertz CT molecular complexity index is 962. The lowest BCUT2D eigenvalue weighted by Gasteiger charge is -2.09. The van der Waals surface area contributed by atoms with Crippen LogP contribution in [0.15, 0.2) is 53.4 Å². The zero-order valence-corrected chi connectivity index (χ0v) is 22.0. The molecule has 0 amide bonds. The predicted molar refractivity (Wildman–Crippen MR) is 136 cm³/mol. The highest BCUT2D eigenvalue weighted by atomic mass is 32.2. The summed E-state index contributed by atoms with van der Waals surface area (Å²) in [7, 11) is -3.77. The van der Waals surface area contributed by atoms with Gasteiger partial charge in [-0.2, -0.15) is 8.42 Å². The molecule has 0 N–H and O–H groups in total. The number of aryl methyl sites for hydroxylation is 1. The van der Waals surface area contributed by atoms with Crippen molar-refractivity contribution >= 4 is 16.4 Å². The summed E-state index contributed by atoms with van der Waals surface area (Å²) in [6.45, 7) is 6.20. The van der Waals surface area contributed by atoms with E-state index in [1.807, 2.05) is 6.92 Å². The molecule has 0 saturated heterocycles. The number of carbonyl (C=O) groups is 1. The smallest absolute Gasteiger partial charge is 0.297 e. The van der Waals surface area contributed by atoms with Crippen LogP contribution in [-0.2, 0) is 38.0 Å². The molecular formula is C26H36O10S. The van der Waals surface area contributed by atoms with Gasteiger partial charge in [-0.05, 0) is 43.3 Å². The predicted octanol–water partition coefficient (Wildman–Crippen LogP) is 2.67. The van der Waals surface area contributed by atoms with Crippen molar-refractivity contribution in [3.63, 3.8) is 0 Å². The molecule has 0 unspecified atom stereocenters. The highest BCUT2D eigenvalue weighted by molar-refractivity contribution is 7.86. The summed E-state index contributed by atoms with van der Waals surface area (Å²) in [4.78, 5) is 10.7. The summed E-state index contributed by atoms with van der Waals surface area (Å²) in [5.41, 5.74) is 1.58. The first-order valence-corrected chi connectivity index (χ1v) is 13.4.